The number of carboxylic acids is 1. The number of aliphatic carboxylic acids is 1. The molecule has 4 nitrogen and oxygen atoms in total. The first-order valence-corrected chi connectivity index (χ1v) is 5.98. The first-order valence-electron chi connectivity index (χ1n) is 5.98. The molecule has 0 unspecified atom stereocenters. The zero-order valence-electron chi connectivity index (χ0n) is 10.9. The maximum Gasteiger partial charge on any atom is 0.304 e. The lowest BCUT2D eigenvalue weighted by molar-refractivity contribution is -0.137. The van der Waals surface area contributed by atoms with E-state index in [0.717, 1.165) is 24.0 Å². The highest BCUT2D eigenvalue weighted by atomic mass is 16.5. The molecular weight excluding hydrogens is 232 g/mol. The predicted molar refractivity (Wildman–Crippen MR) is 67.4 cm³/mol. The molecule has 1 aromatic rings. The van der Waals surface area contributed by atoms with Gasteiger partial charge in [0.15, 0.2) is 11.5 Å². The third-order valence-corrected chi connectivity index (χ3v) is 3.63. The molecule has 1 fully saturated rings. The van der Waals surface area contributed by atoms with Crippen LogP contribution in [0, 0.1) is 6.92 Å². The molecule has 0 amide bonds. The van der Waals surface area contributed by atoms with Crippen LogP contribution in [0.5, 0.6) is 11.5 Å². The van der Waals surface area contributed by atoms with E-state index in [1.54, 1.807) is 14.2 Å². The van der Waals surface area contributed by atoms with Crippen LogP contribution in [0.3, 0.4) is 0 Å². The second kappa shape index (κ2) is 4.52. The molecule has 1 aliphatic carbocycles. The summed E-state index contributed by atoms with van der Waals surface area (Å²) in [5, 5.41) is 9.06. The Kier molecular flexibility index (Phi) is 3.20. The van der Waals surface area contributed by atoms with Gasteiger partial charge in [-0.25, -0.2) is 0 Å². The molecule has 0 spiro atoms. The summed E-state index contributed by atoms with van der Waals surface area (Å²) in [5.41, 5.74) is 1.79. The normalized spacial score (nSPS) is 16.2. The highest BCUT2D eigenvalue weighted by Crippen LogP contribution is 2.56. The third-order valence-electron chi connectivity index (χ3n) is 3.63. The molecule has 0 bridgehead atoms. The zero-order chi connectivity index (χ0) is 13.3. The molecule has 0 saturated heterocycles. The van der Waals surface area contributed by atoms with E-state index in [4.69, 9.17) is 14.6 Å². The van der Waals surface area contributed by atoms with Gasteiger partial charge in [0.25, 0.3) is 0 Å². The standard InChI is InChI=1S/C14H18O4/c1-9-4-5-10(17-2)13(18-3)12(9)14(6-7-14)8-11(15)16/h4-5H,6-8H2,1-3H3,(H,15,16). The van der Waals surface area contributed by atoms with Gasteiger partial charge in [0.1, 0.15) is 0 Å². The second-order valence-corrected chi connectivity index (χ2v) is 4.84. The maximum absolute atomic E-state index is 11.0. The molecule has 0 aliphatic heterocycles. The van der Waals surface area contributed by atoms with Crippen LogP contribution in [-0.2, 0) is 10.2 Å². The minimum atomic E-state index is -0.767. The second-order valence-electron chi connectivity index (χ2n) is 4.84. The van der Waals surface area contributed by atoms with Gasteiger partial charge in [0.2, 0.25) is 0 Å². The fourth-order valence-corrected chi connectivity index (χ4v) is 2.64. The van der Waals surface area contributed by atoms with Crippen molar-refractivity contribution in [3.8, 4) is 11.5 Å². The van der Waals surface area contributed by atoms with Crippen molar-refractivity contribution in [3.05, 3.63) is 23.3 Å². The number of methoxy groups -OCH3 is 2. The monoisotopic (exact) mass is 250 g/mol. The number of ether oxygens (including phenoxy) is 2. The van der Waals surface area contributed by atoms with E-state index >= 15 is 0 Å². The first kappa shape index (κ1) is 12.7. The SMILES string of the molecule is COc1ccc(C)c(C2(CC(=O)O)CC2)c1OC. The lowest BCUT2D eigenvalue weighted by Crippen LogP contribution is -2.16. The molecule has 4 heteroatoms. The van der Waals surface area contributed by atoms with Gasteiger partial charge in [-0.1, -0.05) is 6.07 Å². The van der Waals surface area contributed by atoms with Crippen molar-refractivity contribution in [3.63, 3.8) is 0 Å². The highest BCUT2D eigenvalue weighted by molar-refractivity contribution is 5.71. The summed E-state index contributed by atoms with van der Waals surface area (Å²) in [6, 6.07) is 3.81. The molecule has 2 rings (SSSR count). The smallest absolute Gasteiger partial charge is 0.304 e. The number of carboxylic acid groups (broad SMARTS) is 1. The lowest BCUT2D eigenvalue weighted by atomic mass is 9.88. The average molecular weight is 250 g/mol. The van der Waals surface area contributed by atoms with E-state index in [1.807, 2.05) is 19.1 Å². The van der Waals surface area contributed by atoms with Crippen molar-refractivity contribution >= 4 is 5.97 Å². The van der Waals surface area contributed by atoms with Crippen molar-refractivity contribution in [1.29, 1.82) is 0 Å². The van der Waals surface area contributed by atoms with E-state index < -0.39 is 5.97 Å². The maximum atomic E-state index is 11.0. The number of hydrogen-bond acceptors (Lipinski definition) is 3. The van der Waals surface area contributed by atoms with E-state index in [0.29, 0.717) is 11.5 Å². The lowest BCUT2D eigenvalue weighted by Gasteiger charge is -2.21. The van der Waals surface area contributed by atoms with E-state index in [2.05, 4.69) is 0 Å². The molecule has 0 atom stereocenters. The van der Waals surface area contributed by atoms with Crippen LogP contribution in [0.25, 0.3) is 0 Å². The zero-order valence-corrected chi connectivity index (χ0v) is 10.9. The number of hydrogen-bond donors (Lipinski definition) is 1. The van der Waals surface area contributed by atoms with Crippen LogP contribution in [0.2, 0.25) is 0 Å². The van der Waals surface area contributed by atoms with Crippen LogP contribution >= 0.6 is 0 Å². The summed E-state index contributed by atoms with van der Waals surface area (Å²) in [4.78, 5) is 11.0. The molecular formula is C14H18O4. The first-order chi connectivity index (χ1) is 8.54. The molecule has 98 valence electrons. The van der Waals surface area contributed by atoms with Crippen molar-refractivity contribution in [2.75, 3.05) is 14.2 Å². The molecule has 0 heterocycles. The molecule has 1 saturated carbocycles. The number of rotatable bonds is 5. The Morgan fingerprint density at radius 1 is 1.33 bits per heavy atom. The largest absolute Gasteiger partial charge is 0.493 e. The van der Waals surface area contributed by atoms with Gasteiger partial charge in [-0.05, 0) is 31.4 Å². The van der Waals surface area contributed by atoms with Crippen LogP contribution in [0.15, 0.2) is 12.1 Å². The van der Waals surface area contributed by atoms with E-state index in [9.17, 15) is 4.79 Å². The summed E-state index contributed by atoms with van der Waals surface area (Å²) in [7, 11) is 3.19. The van der Waals surface area contributed by atoms with Gasteiger partial charge in [-0.3, -0.25) is 4.79 Å². The van der Waals surface area contributed by atoms with Crippen molar-refractivity contribution in [1.82, 2.24) is 0 Å². The van der Waals surface area contributed by atoms with E-state index in [1.165, 1.54) is 0 Å². The van der Waals surface area contributed by atoms with Crippen molar-refractivity contribution in [2.45, 2.75) is 31.6 Å². The summed E-state index contributed by atoms with van der Waals surface area (Å²) in [6.07, 6.45) is 1.94. The highest BCUT2D eigenvalue weighted by Gasteiger charge is 2.49. The van der Waals surface area contributed by atoms with Gasteiger partial charge in [-0.15, -0.1) is 0 Å². The molecule has 1 aliphatic rings. The molecule has 0 aromatic heterocycles. The number of carbonyl (C=O) groups is 1. The van der Waals surface area contributed by atoms with Crippen molar-refractivity contribution in [2.24, 2.45) is 0 Å². The average Bonchev–Trinajstić information content (AvgIpc) is 3.07. The summed E-state index contributed by atoms with van der Waals surface area (Å²) in [6.45, 7) is 1.99. The fourth-order valence-electron chi connectivity index (χ4n) is 2.64. The van der Waals surface area contributed by atoms with Crippen LogP contribution < -0.4 is 9.47 Å². The van der Waals surface area contributed by atoms with Gasteiger partial charge in [0.05, 0.1) is 20.6 Å². The van der Waals surface area contributed by atoms with Crippen LogP contribution in [0.4, 0.5) is 0 Å². The summed E-state index contributed by atoms with van der Waals surface area (Å²) in [5.74, 6) is 0.572. The van der Waals surface area contributed by atoms with Crippen LogP contribution in [0.1, 0.15) is 30.4 Å². The van der Waals surface area contributed by atoms with Gasteiger partial charge >= 0.3 is 5.97 Å². The topological polar surface area (TPSA) is 55.8 Å². The Morgan fingerprint density at radius 3 is 2.44 bits per heavy atom. The summed E-state index contributed by atoms with van der Waals surface area (Å²) < 4.78 is 10.7. The Morgan fingerprint density at radius 2 is 2.00 bits per heavy atom. The van der Waals surface area contributed by atoms with Crippen LogP contribution in [-0.4, -0.2) is 25.3 Å². The predicted octanol–water partition coefficient (Wildman–Crippen LogP) is 2.52. The Hall–Kier alpha value is -1.71. The quantitative estimate of drug-likeness (QED) is 0.872. The minimum Gasteiger partial charge on any atom is -0.493 e. The van der Waals surface area contributed by atoms with Crippen molar-refractivity contribution < 1.29 is 19.4 Å². The molecule has 1 aromatic carbocycles. The fraction of sp³-hybridized carbons (Fsp3) is 0.500. The summed E-state index contributed by atoms with van der Waals surface area (Å²) >= 11 is 0. The third kappa shape index (κ3) is 2.03. The van der Waals surface area contributed by atoms with Gasteiger partial charge in [-0.2, -0.15) is 0 Å². The molecule has 0 radical (unpaired) electrons. The number of benzene rings is 1. The Balaban J connectivity index is 2.52. The Bertz CT molecular complexity index is 475. The molecule has 18 heavy (non-hydrogen) atoms. The van der Waals surface area contributed by atoms with Gasteiger partial charge in [0, 0.05) is 11.0 Å². The minimum absolute atomic E-state index is 0.150. The Labute approximate surface area is 107 Å². The number of aryl methyl sites for hydroxylation is 1. The van der Waals surface area contributed by atoms with Gasteiger partial charge < -0.3 is 14.6 Å². The van der Waals surface area contributed by atoms with E-state index in [-0.39, 0.29) is 11.8 Å². The molecule has 1 N–H and O–H groups in total.